The van der Waals surface area contributed by atoms with Gasteiger partial charge in [0.2, 0.25) is 0 Å². The van der Waals surface area contributed by atoms with Gasteiger partial charge in [-0.1, -0.05) is 6.92 Å². The summed E-state index contributed by atoms with van der Waals surface area (Å²) >= 11 is 0. The van der Waals surface area contributed by atoms with Crippen LogP contribution in [0.3, 0.4) is 0 Å². The molecule has 0 radical (unpaired) electrons. The van der Waals surface area contributed by atoms with Gasteiger partial charge >= 0.3 is 5.97 Å². The molecule has 0 bridgehead atoms. The molecule has 0 aromatic rings. The van der Waals surface area contributed by atoms with Crippen molar-refractivity contribution in [3.8, 4) is 0 Å². The molecule has 0 spiro atoms. The van der Waals surface area contributed by atoms with Gasteiger partial charge in [0.1, 0.15) is 0 Å². The van der Waals surface area contributed by atoms with E-state index >= 15 is 0 Å². The standard InChI is InChI=1S/C9H16O5S/c1-3-8(2,7(10)11)9(12)4-5-15(13,14)6-9/h12H,3-6H2,1-2H3,(H,10,11). The van der Waals surface area contributed by atoms with Gasteiger partial charge in [0.25, 0.3) is 0 Å². The third-order valence-electron chi connectivity index (χ3n) is 3.49. The molecule has 1 aliphatic heterocycles. The Bertz CT molecular complexity index is 374. The van der Waals surface area contributed by atoms with E-state index in [1.807, 2.05) is 0 Å². The minimum Gasteiger partial charge on any atom is -0.481 e. The zero-order valence-corrected chi connectivity index (χ0v) is 9.67. The zero-order valence-electron chi connectivity index (χ0n) is 8.86. The predicted molar refractivity (Wildman–Crippen MR) is 54.3 cm³/mol. The number of hydrogen-bond acceptors (Lipinski definition) is 4. The Morgan fingerprint density at radius 3 is 2.33 bits per heavy atom. The van der Waals surface area contributed by atoms with Crippen molar-refractivity contribution in [1.29, 1.82) is 0 Å². The second kappa shape index (κ2) is 3.45. The van der Waals surface area contributed by atoms with Gasteiger partial charge in [-0.15, -0.1) is 0 Å². The topological polar surface area (TPSA) is 91.7 Å². The van der Waals surface area contributed by atoms with E-state index in [0.29, 0.717) is 0 Å². The lowest BCUT2D eigenvalue weighted by Gasteiger charge is -2.37. The highest BCUT2D eigenvalue weighted by Crippen LogP contribution is 2.42. The van der Waals surface area contributed by atoms with E-state index in [-0.39, 0.29) is 18.6 Å². The van der Waals surface area contributed by atoms with Crippen molar-refractivity contribution in [2.45, 2.75) is 32.3 Å². The molecule has 1 rings (SSSR count). The first kappa shape index (κ1) is 12.4. The second-order valence-corrected chi connectivity index (χ2v) is 6.55. The van der Waals surface area contributed by atoms with Crippen LogP contribution in [0.5, 0.6) is 0 Å². The molecule has 2 atom stereocenters. The van der Waals surface area contributed by atoms with Gasteiger partial charge in [0, 0.05) is 0 Å². The lowest BCUT2D eigenvalue weighted by molar-refractivity contribution is -0.164. The molecule has 6 heteroatoms. The molecule has 1 aliphatic rings. The number of hydrogen-bond donors (Lipinski definition) is 2. The van der Waals surface area contributed by atoms with Crippen molar-refractivity contribution in [3.63, 3.8) is 0 Å². The summed E-state index contributed by atoms with van der Waals surface area (Å²) in [6, 6.07) is 0. The van der Waals surface area contributed by atoms with E-state index in [1.54, 1.807) is 6.92 Å². The maximum Gasteiger partial charge on any atom is 0.312 e. The average molecular weight is 236 g/mol. The molecule has 2 unspecified atom stereocenters. The van der Waals surface area contributed by atoms with Gasteiger partial charge in [-0.25, -0.2) is 8.42 Å². The number of aliphatic carboxylic acids is 1. The van der Waals surface area contributed by atoms with Crippen LogP contribution in [0.1, 0.15) is 26.7 Å². The molecule has 0 saturated carbocycles. The first-order chi connectivity index (χ1) is 6.67. The van der Waals surface area contributed by atoms with Crippen LogP contribution in [0, 0.1) is 5.41 Å². The van der Waals surface area contributed by atoms with E-state index in [9.17, 15) is 18.3 Å². The Morgan fingerprint density at radius 1 is 1.53 bits per heavy atom. The molecule has 88 valence electrons. The minimum absolute atomic E-state index is 0.00593. The van der Waals surface area contributed by atoms with Crippen LogP contribution in [-0.2, 0) is 14.6 Å². The molecule has 1 heterocycles. The van der Waals surface area contributed by atoms with Gasteiger partial charge in [0.05, 0.1) is 22.5 Å². The van der Waals surface area contributed by atoms with Crippen molar-refractivity contribution in [3.05, 3.63) is 0 Å². The molecule has 0 aromatic carbocycles. The normalized spacial score (nSPS) is 33.5. The Balaban J connectivity index is 3.11. The molecule has 0 amide bonds. The summed E-state index contributed by atoms with van der Waals surface area (Å²) in [5.74, 6) is -1.73. The molecule has 2 N–H and O–H groups in total. The quantitative estimate of drug-likeness (QED) is 0.721. The van der Waals surface area contributed by atoms with Crippen molar-refractivity contribution < 1.29 is 23.4 Å². The van der Waals surface area contributed by atoms with Crippen LogP contribution >= 0.6 is 0 Å². The molecule has 0 aromatic heterocycles. The van der Waals surface area contributed by atoms with Gasteiger partial charge in [-0.3, -0.25) is 4.79 Å². The van der Waals surface area contributed by atoms with Crippen molar-refractivity contribution >= 4 is 15.8 Å². The number of aliphatic hydroxyl groups is 1. The molecular weight excluding hydrogens is 220 g/mol. The summed E-state index contributed by atoms with van der Waals surface area (Å²) in [6.07, 6.45) is 0.209. The van der Waals surface area contributed by atoms with Gasteiger partial charge in [-0.05, 0) is 19.8 Å². The van der Waals surface area contributed by atoms with Crippen LogP contribution in [0.2, 0.25) is 0 Å². The van der Waals surface area contributed by atoms with E-state index in [0.717, 1.165) is 0 Å². The van der Waals surface area contributed by atoms with Crippen LogP contribution in [0.15, 0.2) is 0 Å². The van der Waals surface area contributed by atoms with Crippen LogP contribution < -0.4 is 0 Å². The van der Waals surface area contributed by atoms with Gasteiger partial charge < -0.3 is 10.2 Å². The highest BCUT2D eigenvalue weighted by Gasteiger charge is 2.56. The van der Waals surface area contributed by atoms with E-state index in [2.05, 4.69) is 0 Å². The molecule has 0 aliphatic carbocycles. The van der Waals surface area contributed by atoms with Crippen molar-refractivity contribution in [1.82, 2.24) is 0 Å². The van der Waals surface area contributed by atoms with Gasteiger partial charge in [-0.2, -0.15) is 0 Å². The number of rotatable bonds is 3. The first-order valence-electron chi connectivity index (χ1n) is 4.83. The maximum atomic E-state index is 11.3. The lowest BCUT2D eigenvalue weighted by Crippen LogP contribution is -2.52. The number of carbonyl (C=O) groups is 1. The number of sulfone groups is 1. The summed E-state index contributed by atoms with van der Waals surface area (Å²) in [5.41, 5.74) is -3.02. The molecule has 1 saturated heterocycles. The summed E-state index contributed by atoms with van der Waals surface area (Å²) in [7, 11) is -3.29. The van der Waals surface area contributed by atoms with Crippen molar-refractivity contribution in [2.24, 2.45) is 5.41 Å². The Labute approximate surface area is 89.0 Å². The Kier molecular flexibility index (Phi) is 2.86. The van der Waals surface area contributed by atoms with E-state index in [1.165, 1.54) is 6.92 Å². The Morgan fingerprint density at radius 2 is 2.07 bits per heavy atom. The van der Waals surface area contributed by atoms with Crippen LogP contribution in [-0.4, -0.2) is 41.7 Å². The summed E-state index contributed by atoms with van der Waals surface area (Å²) < 4.78 is 22.6. The molecular formula is C9H16O5S. The summed E-state index contributed by atoms with van der Waals surface area (Å²) in [4.78, 5) is 11.1. The number of carboxylic acids is 1. The second-order valence-electron chi connectivity index (χ2n) is 4.36. The largest absolute Gasteiger partial charge is 0.481 e. The van der Waals surface area contributed by atoms with Crippen molar-refractivity contribution in [2.75, 3.05) is 11.5 Å². The zero-order chi connectivity index (χ0) is 11.9. The first-order valence-corrected chi connectivity index (χ1v) is 6.65. The summed E-state index contributed by atoms with van der Waals surface area (Å²) in [5, 5.41) is 19.2. The van der Waals surface area contributed by atoms with Crippen LogP contribution in [0.4, 0.5) is 0 Å². The van der Waals surface area contributed by atoms with Crippen LogP contribution in [0.25, 0.3) is 0 Å². The summed E-state index contributed by atoms with van der Waals surface area (Å²) in [6.45, 7) is 3.03. The average Bonchev–Trinajstić information content (AvgIpc) is 2.40. The Hall–Kier alpha value is -0.620. The third-order valence-corrected chi connectivity index (χ3v) is 5.24. The SMILES string of the molecule is CCC(C)(C(=O)O)C1(O)CCS(=O)(=O)C1. The minimum atomic E-state index is -3.29. The monoisotopic (exact) mass is 236 g/mol. The maximum absolute atomic E-state index is 11.3. The third kappa shape index (κ3) is 1.88. The van der Waals surface area contributed by atoms with Gasteiger partial charge in [0.15, 0.2) is 9.84 Å². The highest BCUT2D eigenvalue weighted by atomic mass is 32.2. The number of carboxylic acid groups (broad SMARTS) is 1. The molecule has 5 nitrogen and oxygen atoms in total. The fourth-order valence-electron chi connectivity index (χ4n) is 1.95. The predicted octanol–water partition coefficient (Wildman–Crippen LogP) is 0.0369. The fraction of sp³-hybridized carbons (Fsp3) is 0.889. The lowest BCUT2D eigenvalue weighted by atomic mass is 9.71. The van der Waals surface area contributed by atoms with E-state index < -0.39 is 32.6 Å². The van der Waals surface area contributed by atoms with E-state index in [4.69, 9.17) is 5.11 Å². The smallest absolute Gasteiger partial charge is 0.312 e. The molecule has 15 heavy (non-hydrogen) atoms. The fourth-order valence-corrected chi connectivity index (χ4v) is 3.93. The molecule has 1 fully saturated rings. The highest BCUT2D eigenvalue weighted by molar-refractivity contribution is 7.91.